The molecule has 5 heteroatoms. The molecule has 146 valence electrons. The van der Waals surface area contributed by atoms with Gasteiger partial charge in [-0.2, -0.15) is 0 Å². The van der Waals surface area contributed by atoms with Gasteiger partial charge in [0.1, 0.15) is 5.60 Å². The van der Waals surface area contributed by atoms with Gasteiger partial charge in [-0.05, 0) is 52.2 Å². The highest BCUT2D eigenvalue weighted by Crippen LogP contribution is 2.34. The minimum Gasteiger partial charge on any atom is -0.379 e. The second-order valence-electron chi connectivity index (χ2n) is 6.84. The predicted molar refractivity (Wildman–Crippen MR) is 121 cm³/mol. The van der Waals surface area contributed by atoms with Crippen LogP contribution in [0.5, 0.6) is 0 Å². The molecule has 0 radical (unpaired) electrons. The molecule has 1 unspecified atom stereocenters. The Hall–Kier alpha value is -2.17. The van der Waals surface area contributed by atoms with Crippen LogP contribution in [0.25, 0.3) is 10.8 Å². The third-order valence-corrected chi connectivity index (χ3v) is 7.01. The quantitative estimate of drug-likeness (QED) is 0.401. The number of benzene rings is 4. The van der Waals surface area contributed by atoms with Crippen LogP contribution in [-0.4, -0.2) is 15.1 Å². The molecular formula is C24H18Cl2O2S. The van der Waals surface area contributed by atoms with Crippen molar-refractivity contribution in [2.45, 2.75) is 10.5 Å². The van der Waals surface area contributed by atoms with E-state index in [9.17, 15) is 9.32 Å². The van der Waals surface area contributed by atoms with Crippen LogP contribution in [0.3, 0.4) is 0 Å². The van der Waals surface area contributed by atoms with Gasteiger partial charge in [0.25, 0.3) is 0 Å². The lowest BCUT2D eigenvalue weighted by Gasteiger charge is -2.29. The van der Waals surface area contributed by atoms with Crippen molar-refractivity contribution in [1.82, 2.24) is 0 Å². The van der Waals surface area contributed by atoms with E-state index in [-0.39, 0.29) is 5.75 Å². The van der Waals surface area contributed by atoms with E-state index in [1.165, 1.54) is 0 Å². The van der Waals surface area contributed by atoms with Gasteiger partial charge >= 0.3 is 0 Å². The van der Waals surface area contributed by atoms with Gasteiger partial charge in [0, 0.05) is 14.9 Å². The molecule has 0 aromatic heterocycles. The molecule has 4 aromatic carbocycles. The number of fused-ring (bicyclic) bond motifs is 1. The van der Waals surface area contributed by atoms with Crippen LogP contribution in [-0.2, 0) is 16.4 Å². The number of hydrogen-bond acceptors (Lipinski definition) is 2. The van der Waals surface area contributed by atoms with Crippen molar-refractivity contribution in [2.75, 3.05) is 5.75 Å². The van der Waals surface area contributed by atoms with Crippen LogP contribution in [0.4, 0.5) is 0 Å². The fourth-order valence-corrected chi connectivity index (χ4v) is 5.23. The standard InChI is InChI=1S/C24H18Cl2O2S/c25-20-12-8-18(9-13-20)24(27,19-10-14-21(26)15-11-19)16-29(28)23-7-3-5-17-4-1-2-6-22(17)23/h1-15,27H,16H2. The maximum atomic E-state index is 13.5. The van der Waals surface area contributed by atoms with Gasteiger partial charge in [-0.25, -0.2) is 0 Å². The van der Waals surface area contributed by atoms with Gasteiger partial charge in [-0.1, -0.05) is 83.9 Å². The van der Waals surface area contributed by atoms with Gasteiger partial charge in [0.15, 0.2) is 0 Å². The van der Waals surface area contributed by atoms with E-state index in [1.54, 1.807) is 48.5 Å². The number of aliphatic hydroxyl groups is 1. The molecule has 4 rings (SSSR count). The summed E-state index contributed by atoms with van der Waals surface area (Å²) < 4.78 is 13.5. The molecule has 0 saturated carbocycles. The summed E-state index contributed by atoms with van der Waals surface area (Å²) >= 11 is 12.1. The van der Waals surface area contributed by atoms with Gasteiger partial charge < -0.3 is 5.11 Å². The molecular weight excluding hydrogens is 423 g/mol. The maximum Gasteiger partial charge on any atom is 0.126 e. The Balaban J connectivity index is 1.80. The van der Waals surface area contributed by atoms with Crippen molar-refractivity contribution in [3.8, 4) is 0 Å². The summed E-state index contributed by atoms with van der Waals surface area (Å²) in [5.74, 6) is 0.00424. The van der Waals surface area contributed by atoms with Gasteiger partial charge in [-0.3, -0.25) is 4.21 Å². The van der Waals surface area contributed by atoms with E-state index in [4.69, 9.17) is 23.2 Å². The van der Waals surface area contributed by atoms with E-state index in [0.29, 0.717) is 26.1 Å². The summed E-state index contributed by atoms with van der Waals surface area (Å²) in [7, 11) is -1.46. The molecule has 0 aliphatic carbocycles. The molecule has 29 heavy (non-hydrogen) atoms. The normalized spacial score (nSPS) is 12.8. The van der Waals surface area contributed by atoms with E-state index in [2.05, 4.69) is 0 Å². The topological polar surface area (TPSA) is 37.3 Å². The lowest BCUT2D eigenvalue weighted by Crippen LogP contribution is -2.34. The first-order valence-corrected chi connectivity index (χ1v) is 11.2. The molecule has 0 bridgehead atoms. The van der Waals surface area contributed by atoms with Crippen LogP contribution in [0.15, 0.2) is 95.9 Å². The van der Waals surface area contributed by atoms with E-state index in [0.717, 1.165) is 10.8 Å². The Morgan fingerprint density at radius 2 is 1.24 bits per heavy atom. The summed E-state index contributed by atoms with van der Waals surface area (Å²) in [5, 5.41) is 14.8. The van der Waals surface area contributed by atoms with Gasteiger partial charge in [0.2, 0.25) is 0 Å². The van der Waals surface area contributed by atoms with Crippen LogP contribution in [0.2, 0.25) is 10.0 Å². The highest BCUT2D eigenvalue weighted by molar-refractivity contribution is 7.85. The molecule has 0 saturated heterocycles. The first-order valence-electron chi connectivity index (χ1n) is 9.08. The van der Waals surface area contributed by atoms with Crippen molar-refractivity contribution in [3.63, 3.8) is 0 Å². The van der Waals surface area contributed by atoms with Crippen molar-refractivity contribution in [2.24, 2.45) is 0 Å². The summed E-state index contributed by atoms with van der Waals surface area (Å²) in [6, 6.07) is 27.5. The minimum atomic E-state index is -1.46. The van der Waals surface area contributed by atoms with E-state index >= 15 is 0 Å². The zero-order chi connectivity index (χ0) is 20.4. The highest BCUT2D eigenvalue weighted by atomic mass is 35.5. The molecule has 1 N–H and O–H groups in total. The van der Waals surface area contributed by atoms with Crippen LogP contribution < -0.4 is 0 Å². The molecule has 0 aliphatic rings. The monoisotopic (exact) mass is 440 g/mol. The largest absolute Gasteiger partial charge is 0.379 e. The zero-order valence-corrected chi connectivity index (χ0v) is 17.7. The van der Waals surface area contributed by atoms with Crippen molar-refractivity contribution < 1.29 is 9.32 Å². The second kappa shape index (κ2) is 8.29. The lowest BCUT2D eigenvalue weighted by atomic mass is 9.88. The highest BCUT2D eigenvalue weighted by Gasteiger charge is 2.34. The summed E-state index contributed by atoms with van der Waals surface area (Å²) in [6.07, 6.45) is 0. The van der Waals surface area contributed by atoms with E-state index in [1.807, 2.05) is 42.5 Å². The van der Waals surface area contributed by atoms with Crippen LogP contribution >= 0.6 is 23.2 Å². The van der Waals surface area contributed by atoms with Crippen LogP contribution in [0.1, 0.15) is 11.1 Å². The summed E-state index contributed by atoms with van der Waals surface area (Å²) in [6.45, 7) is 0. The molecule has 0 amide bonds. The van der Waals surface area contributed by atoms with Crippen LogP contribution in [0, 0.1) is 0 Å². The predicted octanol–water partition coefficient (Wildman–Crippen LogP) is 6.19. The molecule has 1 atom stereocenters. The number of rotatable bonds is 5. The van der Waals surface area contributed by atoms with E-state index < -0.39 is 16.4 Å². The lowest BCUT2D eigenvalue weighted by molar-refractivity contribution is 0.106. The molecule has 4 aromatic rings. The SMILES string of the molecule is O=S(CC(O)(c1ccc(Cl)cc1)c1ccc(Cl)cc1)c1cccc2ccccc12. The molecule has 0 heterocycles. The van der Waals surface area contributed by atoms with Crippen molar-refractivity contribution >= 4 is 44.8 Å². The summed E-state index contributed by atoms with van der Waals surface area (Å²) in [5.41, 5.74) is -0.215. The third-order valence-electron chi connectivity index (χ3n) is 4.98. The first-order chi connectivity index (χ1) is 14.0. The number of halogens is 2. The Morgan fingerprint density at radius 1 is 0.724 bits per heavy atom. The third kappa shape index (κ3) is 4.10. The fraction of sp³-hybridized carbons (Fsp3) is 0.0833. The van der Waals surface area contributed by atoms with Crippen molar-refractivity contribution in [3.05, 3.63) is 112 Å². The smallest absolute Gasteiger partial charge is 0.126 e. The second-order valence-corrected chi connectivity index (χ2v) is 9.13. The summed E-state index contributed by atoms with van der Waals surface area (Å²) in [4.78, 5) is 0.699. The average Bonchev–Trinajstić information content (AvgIpc) is 2.74. The first kappa shape index (κ1) is 20.1. The Kier molecular flexibility index (Phi) is 5.75. The zero-order valence-electron chi connectivity index (χ0n) is 15.4. The number of hydrogen-bond donors (Lipinski definition) is 1. The Bertz CT molecular complexity index is 1120. The fourth-order valence-electron chi connectivity index (χ4n) is 3.45. The van der Waals surface area contributed by atoms with Gasteiger partial charge in [0.05, 0.1) is 16.6 Å². The Labute approximate surface area is 182 Å². The molecule has 0 spiro atoms. The Morgan fingerprint density at radius 3 is 1.83 bits per heavy atom. The molecule has 0 aliphatic heterocycles. The maximum absolute atomic E-state index is 13.5. The molecule has 0 fully saturated rings. The van der Waals surface area contributed by atoms with Gasteiger partial charge in [-0.15, -0.1) is 0 Å². The molecule has 2 nitrogen and oxygen atoms in total. The van der Waals surface area contributed by atoms with Crippen molar-refractivity contribution in [1.29, 1.82) is 0 Å². The minimum absolute atomic E-state index is 0.00424. The average molecular weight is 441 g/mol.